The van der Waals surface area contributed by atoms with Gasteiger partial charge >= 0.3 is 6.09 Å². The molecule has 0 aliphatic carbocycles. The predicted molar refractivity (Wildman–Crippen MR) is 150 cm³/mol. The lowest BCUT2D eigenvalue weighted by Crippen LogP contribution is -2.53. The maximum absolute atomic E-state index is 14.1. The van der Waals surface area contributed by atoms with Gasteiger partial charge in [0.1, 0.15) is 11.4 Å². The van der Waals surface area contributed by atoms with Gasteiger partial charge in [-0.15, -0.1) is 0 Å². The number of nitrogens with zero attached hydrogens (tertiary/aromatic N) is 3. The van der Waals surface area contributed by atoms with E-state index in [1.807, 2.05) is 76.2 Å². The van der Waals surface area contributed by atoms with Gasteiger partial charge in [-0.2, -0.15) is 0 Å². The third kappa shape index (κ3) is 6.42. The minimum Gasteiger partial charge on any atom is -0.444 e. The summed E-state index contributed by atoms with van der Waals surface area (Å²) in [5.74, 6) is 0.451. The highest BCUT2D eigenvalue weighted by molar-refractivity contribution is 5.82. The zero-order valence-electron chi connectivity index (χ0n) is 23.4. The van der Waals surface area contributed by atoms with Crippen molar-refractivity contribution in [3.8, 4) is 5.69 Å². The first kappa shape index (κ1) is 27.8. The maximum Gasteiger partial charge on any atom is 0.408 e. The van der Waals surface area contributed by atoms with Crippen LogP contribution in [0.3, 0.4) is 0 Å². The Morgan fingerprint density at radius 1 is 1.16 bits per heavy atom. The molecule has 0 spiro atoms. The molecule has 0 bridgehead atoms. The molecule has 1 aliphatic heterocycles. The van der Waals surface area contributed by atoms with Gasteiger partial charge in [0, 0.05) is 12.1 Å². The average molecular weight is 521 g/mol. The second kappa shape index (κ2) is 11.3. The van der Waals surface area contributed by atoms with Crippen LogP contribution in [0.25, 0.3) is 16.6 Å². The van der Waals surface area contributed by atoms with Crippen molar-refractivity contribution in [3.63, 3.8) is 0 Å². The molecule has 38 heavy (non-hydrogen) atoms. The van der Waals surface area contributed by atoms with Crippen molar-refractivity contribution in [3.05, 3.63) is 70.3 Å². The van der Waals surface area contributed by atoms with E-state index in [2.05, 4.69) is 24.1 Å². The molecule has 1 aliphatic rings. The largest absolute Gasteiger partial charge is 0.444 e. The minimum absolute atomic E-state index is 0.00473. The van der Waals surface area contributed by atoms with Crippen LogP contribution in [0.1, 0.15) is 65.4 Å². The van der Waals surface area contributed by atoms with Crippen molar-refractivity contribution in [2.24, 2.45) is 0 Å². The summed E-state index contributed by atoms with van der Waals surface area (Å²) in [7, 11) is 0. The van der Waals surface area contributed by atoms with Crippen molar-refractivity contribution in [2.45, 2.75) is 71.6 Å². The number of carbonyl (C=O) groups is 1. The normalized spacial score (nSPS) is 16.8. The van der Waals surface area contributed by atoms with E-state index in [0.29, 0.717) is 22.4 Å². The number of hydrogen-bond acceptors (Lipinski definition) is 6. The van der Waals surface area contributed by atoms with Gasteiger partial charge in [0.25, 0.3) is 5.56 Å². The Morgan fingerprint density at radius 3 is 2.58 bits per heavy atom. The van der Waals surface area contributed by atoms with Gasteiger partial charge in [0.05, 0.1) is 35.8 Å². The number of aryl methyl sites for hydroxylation is 1. The molecule has 204 valence electrons. The summed E-state index contributed by atoms with van der Waals surface area (Å²) in [6, 6.07) is 14.7. The van der Waals surface area contributed by atoms with Crippen LogP contribution < -0.4 is 10.9 Å². The van der Waals surface area contributed by atoms with E-state index in [1.54, 1.807) is 4.57 Å². The molecule has 0 radical (unpaired) electrons. The monoisotopic (exact) mass is 520 g/mol. The van der Waals surface area contributed by atoms with E-state index in [-0.39, 0.29) is 11.1 Å². The quantitative estimate of drug-likeness (QED) is 0.471. The van der Waals surface area contributed by atoms with E-state index in [9.17, 15) is 9.59 Å². The molecule has 1 saturated heterocycles. The molecule has 8 nitrogen and oxygen atoms in total. The standard InChI is InChI=1S/C30H40N4O4/c1-21(31-28(36)38-29(2,3)4)26-32-24-16-10-12-22(13-11-17-33-18-19-37-20-30(33,5)6)25(24)27(35)34(26)23-14-8-7-9-15-23/h7-10,12,14-16,21H,11,13,17-20H2,1-6H3,(H,31,36)/t21-/m0/s1. The van der Waals surface area contributed by atoms with E-state index in [4.69, 9.17) is 14.5 Å². The van der Waals surface area contributed by atoms with Crippen molar-refractivity contribution >= 4 is 17.0 Å². The third-order valence-corrected chi connectivity index (χ3v) is 6.84. The Bertz CT molecular complexity index is 1330. The van der Waals surface area contributed by atoms with Crippen LogP contribution in [0.15, 0.2) is 53.3 Å². The number of alkyl carbamates (subject to hydrolysis) is 1. The highest BCUT2D eigenvalue weighted by Crippen LogP contribution is 2.23. The van der Waals surface area contributed by atoms with E-state index < -0.39 is 17.7 Å². The van der Waals surface area contributed by atoms with Crippen molar-refractivity contribution in [2.75, 3.05) is 26.3 Å². The molecule has 0 saturated carbocycles. The van der Waals surface area contributed by atoms with Crippen LogP contribution in [0, 0.1) is 0 Å². The van der Waals surface area contributed by atoms with E-state index in [1.165, 1.54) is 0 Å². The van der Waals surface area contributed by atoms with Gasteiger partial charge < -0.3 is 14.8 Å². The lowest BCUT2D eigenvalue weighted by molar-refractivity contribution is -0.0510. The molecule has 2 aromatic carbocycles. The molecule has 1 amide bonds. The summed E-state index contributed by atoms with van der Waals surface area (Å²) < 4.78 is 12.7. The summed E-state index contributed by atoms with van der Waals surface area (Å²) in [6.07, 6.45) is 1.13. The number of nitrogens with one attached hydrogen (secondary N) is 1. The van der Waals surface area contributed by atoms with Gasteiger partial charge in [-0.05, 0) is 84.7 Å². The summed E-state index contributed by atoms with van der Waals surface area (Å²) in [4.78, 5) is 34.0. The summed E-state index contributed by atoms with van der Waals surface area (Å²) >= 11 is 0. The first-order chi connectivity index (χ1) is 18.0. The fourth-order valence-corrected chi connectivity index (χ4v) is 4.96. The molecule has 1 N–H and O–H groups in total. The fraction of sp³-hybridized carbons (Fsp3) is 0.500. The van der Waals surface area contributed by atoms with Crippen LogP contribution in [-0.4, -0.2) is 58.0 Å². The molecule has 3 aromatic rings. The Kier molecular flexibility index (Phi) is 8.23. The Labute approximate surface area is 225 Å². The molecule has 1 atom stereocenters. The van der Waals surface area contributed by atoms with Crippen LogP contribution in [0.2, 0.25) is 0 Å². The first-order valence-corrected chi connectivity index (χ1v) is 13.4. The number of morpholine rings is 1. The fourth-order valence-electron chi connectivity index (χ4n) is 4.96. The Hall–Kier alpha value is -3.23. The van der Waals surface area contributed by atoms with Gasteiger partial charge in [-0.25, -0.2) is 9.78 Å². The highest BCUT2D eigenvalue weighted by Gasteiger charge is 2.30. The SMILES string of the molecule is C[C@H](NC(=O)OC(C)(C)C)c1nc2cccc(CCCN3CCOCC3(C)C)c2c(=O)n1-c1ccccc1. The minimum atomic E-state index is -0.634. The van der Waals surface area contributed by atoms with Crippen LogP contribution in [0.4, 0.5) is 4.79 Å². The first-order valence-electron chi connectivity index (χ1n) is 13.4. The van der Waals surface area contributed by atoms with Crippen molar-refractivity contribution in [1.29, 1.82) is 0 Å². The average Bonchev–Trinajstić information content (AvgIpc) is 2.84. The number of hydrogen-bond donors (Lipinski definition) is 1. The molecule has 8 heteroatoms. The number of rotatable bonds is 7. The van der Waals surface area contributed by atoms with Gasteiger partial charge in [-0.3, -0.25) is 14.3 Å². The predicted octanol–water partition coefficient (Wildman–Crippen LogP) is 5.01. The number of para-hydroxylation sites is 1. The van der Waals surface area contributed by atoms with Gasteiger partial charge in [0.15, 0.2) is 0 Å². The third-order valence-electron chi connectivity index (χ3n) is 6.84. The van der Waals surface area contributed by atoms with Crippen molar-refractivity contribution in [1.82, 2.24) is 19.8 Å². The zero-order valence-corrected chi connectivity index (χ0v) is 23.4. The van der Waals surface area contributed by atoms with Crippen LogP contribution in [-0.2, 0) is 15.9 Å². The lowest BCUT2D eigenvalue weighted by Gasteiger charge is -2.42. The molecular weight excluding hydrogens is 480 g/mol. The summed E-state index contributed by atoms with van der Waals surface area (Å²) in [6.45, 7) is 15.0. The number of ether oxygens (including phenoxy) is 2. The number of amides is 1. The lowest BCUT2D eigenvalue weighted by atomic mass is 10.00. The topological polar surface area (TPSA) is 85.7 Å². The molecule has 4 rings (SSSR count). The molecule has 0 unspecified atom stereocenters. The smallest absolute Gasteiger partial charge is 0.408 e. The highest BCUT2D eigenvalue weighted by atomic mass is 16.6. The number of benzene rings is 2. The molecular formula is C30H40N4O4. The molecule has 2 heterocycles. The Balaban J connectivity index is 1.69. The van der Waals surface area contributed by atoms with Gasteiger partial charge in [0.2, 0.25) is 0 Å². The molecule has 1 aromatic heterocycles. The summed E-state index contributed by atoms with van der Waals surface area (Å²) in [5, 5.41) is 3.47. The van der Waals surface area contributed by atoms with Crippen LogP contribution >= 0.6 is 0 Å². The summed E-state index contributed by atoms with van der Waals surface area (Å²) in [5.41, 5.74) is 1.53. The second-order valence-corrected chi connectivity index (χ2v) is 11.6. The number of aromatic nitrogens is 2. The van der Waals surface area contributed by atoms with Crippen molar-refractivity contribution < 1.29 is 14.3 Å². The zero-order chi connectivity index (χ0) is 27.5. The van der Waals surface area contributed by atoms with Gasteiger partial charge in [-0.1, -0.05) is 30.3 Å². The maximum atomic E-state index is 14.1. The number of carbonyl (C=O) groups excluding carboxylic acids is 1. The second-order valence-electron chi connectivity index (χ2n) is 11.6. The Morgan fingerprint density at radius 2 is 1.89 bits per heavy atom. The molecule has 1 fully saturated rings. The van der Waals surface area contributed by atoms with E-state index in [0.717, 1.165) is 44.7 Å². The van der Waals surface area contributed by atoms with E-state index >= 15 is 0 Å². The van der Waals surface area contributed by atoms with Crippen LogP contribution in [0.5, 0.6) is 0 Å². The number of fused-ring (bicyclic) bond motifs is 1.